The van der Waals surface area contributed by atoms with Crippen molar-refractivity contribution in [3.05, 3.63) is 130 Å². The van der Waals surface area contributed by atoms with Gasteiger partial charge >= 0.3 is 0 Å². The molecule has 0 radical (unpaired) electrons. The van der Waals surface area contributed by atoms with Crippen LogP contribution in [0.5, 0.6) is 0 Å². The van der Waals surface area contributed by atoms with Crippen LogP contribution in [-0.2, 0) is 29.7 Å². The van der Waals surface area contributed by atoms with Crippen LogP contribution >= 0.6 is 0 Å². The van der Waals surface area contributed by atoms with E-state index in [0.29, 0.717) is 11.1 Å². The number of fused-ring (bicyclic) bond motifs is 2. The van der Waals surface area contributed by atoms with E-state index in [1.807, 2.05) is 0 Å². The van der Waals surface area contributed by atoms with Crippen LogP contribution in [0, 0.1) is 10.8 Å². The fraction of sp³-hybridized carbons (Fsp3) is 0.125. The van der Waals surface area contributed by atoms with Crippen LogP contribution in [-0.4, -0.2) is 48.8 Å². The first kappa shape index (κ1) is 31.0. The topological polar surface area (TPSA) is 233 Å². The number of hydrogen-bond donors (Lipinski definition) is 6. The quantitative estimate of drug-likeness (QED) is 0.105. The van der Waals surface area contributed by atoms with Gasteiger partial charge in [-0.1, -0.05) is 97.1 Å². The van der Waals surface area contributed by atoms with E-state index in [1.165, 1.54) is 0 Å². The molecule has 2 aliphatic carbocycles. The zero-order chi connectivity index (χ0) is 33.1. The zero-order valence-electron chi connectivity index (χ0n) is 24.0. The number of nitrogens with two attached hydrogens (primary N) is 2. The lowest BCUT2D eigenvalue weighted by Gasteiger charge is -2.37. The molecule has 0 heterocycles. The molecule has 46 heavy (non-hydrogen) atoms. The van der Waals surface area contributed by atoms with Crippen LogP contribution in [0.15, 0.2) is 107 Å². The Balaban J connectivity index is 1.45. The zero-order valence-corrected chi connectivity index (χ0v) is 25.7. The highest BCUT2D eigenvalue weighted by Gasteiger charge is 2.53. The highest BCUT2D eigenvalue weighted by molar-refractivity contribution is 7.87. The summed E-state index contributed by atoms with van der Waals surface area (Å²) in [7, 11) is -9.64. The molecule has 2 unspecified atom stereocenters. The molecule has 14 heteroatoms. The lowest BCUT2D eigenvalue weighted by atomic mass is 9.75. The molecule has 0 amide bonds. The lowest BCUT2D eigenvalue weighted by Crippen LogP contribution is -2.45. The predicted molar refractivity (Wildman–Crippen MR) is 176 cm³/mol. The van der Waals surface area contributed by atoms with E-state index >= 15 is 0 Å². The van der Waals surface area contributed by atoms with Crippen LogP contribution in [0.3, 0.4) is 0 Å². The van der Waals surface area contributed by atoms with Gasteiger partial charge in [0, 0.05) is 24.0 Å². The molecule has 2 atom stereocenters. The molecule has 8 N–H and O–H groups in total. The van der Waals surface area contributed by atoms with Crippen molar-refractivity contribution in [1.82, 2.24) is 0 Å². The molecule has 0 spiro atoms. The summed E-state index contributed by atoms with van der Waals surface area (Å²) in [5.74, 6) is 11.1. The summed E-state index contributed by atoms with van der Waals surface area (Å²) in [5.41, 5.74) is 2.74. The van der Waals surface area contributed by atoms with Gasteiger partial charge in [-0.3, -0.25) is 19.9 Å². The summed E-state index contributed by atoms with van der Waals surface area (Å²) in [6.45, 7) is 0. The summed E-state index contributed by atoms with van der Waals surface area (Å²) < 4.78 is 69.9. The second-order valence-corrected chi connectivity index (χ2v) is 14.4. The summed E-state index contributed by atoms with van der Waals surface area (Å²) in [6, 6.07) is 25.7. The largest absolute Gasteiger partial charge is 0.323 e. The van der Waals surface area contributed by atoms with E-state index in [2.05, 4.69) is 10.2 Å². The standard InChI is InChI=1S/C32H28N6O6S2/c33-29-23-5-1-3-7-25(23)31(45(39,40)41,17-27(29)37-35)21-13-9-19(10-14-21)20-11-15-22(16-12-20)32(46(42,43)44)18-28(38-36)30(34)24-6-2-4-8-26(24)32/h1-16,33-34H,17-18,35-36H2,(H,39,40,41)(H,42,43,44). The SMILES string of the molecule is N=C1C(=NN)CC(c2ccc(-c3ccc(C4(S(=O)(=O)O)CC(=NN)C(=N)c5ccccc54)cc3)cc2)(S(=O)(=O)O)c2ccccc21. The van der Waals surface area contributed by atoms with Crippen LogP contribution in [0.4, 0.5) is 0 Å². The van der Waals surface area contributed by atoms with Gasteiger partial charge in [-0.05, 0) is 33.4 Å². The van der Waals surface area contributed by atoms with Crippen molar-refractivity contribution >= 4 is 43.1 Å². The van der Waals surface area contributed by atoms with Crippen molar-refractivity contribution in [2.45, 2.75) is 22.3 Å². The van der Waals surface area contributed by atoms with Crippen LogP contribution in [0.1, 0.15) is 46.2 Å². The van der Waals surface area contributed by atoms with Crippen LogP contribution < -0.4 is 11.7 Å². The van der Waals surface area contributed by atoms with Gasteiger partial charge in [0.05, 0.1) is 22.8 Å². The Morgan fingerprint density at radius 2 is 0.891 bits per heavy atom. The molecule has 4 aromatic carbocycles. The average molecular weight is 657 g/mol. The van der Waals surface area contributed by atoms with Gasteiger partial charge in [-0.2, -0.15) is 27.0 Å². The fourth-order valence-electron chi connectivity index (χ4n) is 6.61. The highest BCUT2D eigenvalue weighted by Crippen LogP contribution is 2.47. The van der Waals surface area contributed by atoms with Gasteiger partial charge in [0.2, 0.25) is 0 Å². The van der Waals surface area contributed by atoms with Crippen molar-refractivity contribution < 1.29 is 25.9 Å². The van der Waals surface area contributed by atoms with E-state index in [4.69, 9.17) is 22.5 Å². The van der Waals surface area contributed by atoms with Crippen molar-refractivity contribution in [3.63, 3.8) is 0 Å². The van der Waals surface area contributed by atoms with Crippen molar-refractivity contribution in [2.24, 2.45) is 21.9 Å². The van der Waals surface area contributed by atoms with Gasteiger partial charge < -0.3 is 11.7 Å². The maximum absolute atomic E-state index is 13.1. The molecule has 0 saturated heterocycles. The molecular weight excluding hydrogens is 629 g/mol. The molecular formula is C32H28N6O6S2. The minimum atomic E-state index is -4.82. The molecule has 6 rings (SSSR count). The average Bonchev–Trinajstić information content (AvgIpc) is 3.05. The Morgan fingerprint density at radius 1 is 0.565 bits per heavy atom. The maximum Gasteiger partial charge on any atom is 0.279 e. The number of rotatable bonds is 5. The van der Waals surface area contributed by atoms with Crippen molar-refractivity contribution in [3.8, 4) is 11.1 Å². The van der Waals surface area contributed by atoms with Crippen molar-refractivity contribution in [1.29, 1.82) is 10.8 Å². The number of hydrogen-bond acceptors (Lipinski definition) is 10. The highest BCUT2D eigenvalue weighted by atomic mass is 32.2. The summed E-state index contributed by atoms with van der Waals surface area (Å²) in [6.07, 6.45) is -0.700. The lowest BCUT2D eigenvalue weighted by molar-refractivity contribution is 0.445. The van der Waals surface area contributed by atoms with Gasteiger partial charge in [0.15, 0.2) is 9.49 Å². The van der Waals surface area contributed by atoms with Gasteiger partial charge in [-0.25, -0.2) is 0 Å². The third-order valence-corrected chi connectivity index (χ3v) is 11.9. The van der Waals surface area contributed by atoms with Crippen LogP contribution in [0.2, 0.25) is 0 Å². The monoisotopic (exact) mass is 656 g/mol. The molecule has 0 saturated carbocycles. The fourth-order valence-corrected chi connectivity index (χ4v) is 9.03. The first-order valence-corrected chi connectivity index (χ1v) is 16.7. The van der Waals surface area contributed by atoms with Gasteiger partial charge in [-0.15, -0.1) is 0 Å². The molecule has 0 aromatic heterocycles. The maximum atomic E-state index is 13.1. The predicted octanol–water partition coefficient (Wildman–Crippen LogP) is 3.79. The molecule has 4 aromatic rings. The second-order valence-electron chi connectivity index (χ2n) is 11.1. The third-order valence-electron chi connectivity index (χ3n) is 8.90. The summed E-state index contributed by atoms with van der Waals surface area (Å²) in [4.78, 5) is 0. The Hall–Kier alpha value is -5.02. The Morgan fingerprint density at radius 3 is 1.20 bits per heavy atom. The smallest absolute Gasteiger partial charge is 0.279 e. The summed E-state index contributed by atoms with van der Waals surface area (Å²) in [5, 5.41) is 24.2. The number of nitrogens with zero attached hydrogens (tertiary/aromatic N) is 2. The third kappa shape index (κ3) is 4.41. The first-order chi connectivity index (χ1) is 21.8. The van der Waals surface area contributed by atoms with E-state index in [-0.39, 0.29) is 69.1 Å². The Kier molecular flexibility index (Phi) is 7.28. The molecule has 2 aliphatic rings. The van der Waals surface area contributed by atoms with Crippen molar-refractivity contribution in [2.75, 3.05) is 0 Å². The Labute approximate surface area is 265 Å². The molecule has 234 valence electrons. The first-order valence-electron chi connectivity index (χ1n) is 13.9. The number of hydrazone groups is 2. The van der Waals surface area contributed by atoms with E-state index in [9.17, 15) is 25.9 Å². The minimum Gasteiger partial charge on any atom is -0.323 e. The van der Waals surface area contributed by atoms with Gasteiger partial charge in [0.1, 0.15) is 0 Å². The number of benzene rings is 4. The molecule has 0 fully saturated rings. The van der Waals surface area contributed by atoms with E-state index < -0.39 is 29.7 Å². The minimum absolute atomic E-state index is 0.0195. The number of nitrogens with one attached hydrogen (secondary N) is 2. The molecule has 12 nitrogen and oxygen atoms in total. The van der Waals surface area contributed by atoms with Gasteiger partial charge in [0.25, 0.3) is 20.2 Å². The van der Waals surface area contributed by atoms with E-state index in [0.717, 1.165) is 0 Å². The Bertz CT molecular complexity index is 2060. The second kappa shape index (κ2) is 10.8. The summed E-state index contributed by atoms with van der Waals surface area (Å²) >= 11 is 0. The normalized spacial score (nSPS) is 23.3. The van der Waals surface area contributed by atoms with Crippen LogP contribution in [0.25, 0.3) is 11.1 Å². The van der Waals surface area contributed by atoms with E-state index in [1.54, 1.807) is 97.1 Å². The molecule has 0 aliphatic heterocycles. The molecule has 0 bridgehead atoms.